The molecule has 0 spiro atoms. The average molecular weight is 165 g/mol. The summed E-state index contributed by atoms with van der Waals surface area (Å²) in [7, 11) is -1.21. The summed E-state index contributed by atoms with van der Waals surface area (Å²) in [6.07, 6.45) is 3.61. The highest BCUT2D eigenvalue weighted by atomic mass is 32.2. The molecule has 0 N–H and O–H groups in total. The van der Waals surface area contributed by atoms with Crippen LogP contribution in [0.2, 0.25) is 0 Å². The number of sulfone groups is 1. The smallest absolute Gasteiger partial charge is 0.147 e. The predicted molar refractivity (Wildman–Crippen MR) is 40.5 cm³/mol. The van der Waals surface area contributed by atoms with Gasteiger partial charge in [0.05, 0.1) is 5.75 Å². The number of methoxy groups -OCH3 is 1. The minimum absolute atomic E-state index is 0.219. The van der Waals surface area contributed by atoms with Crippen molar-refractivity contribution in [2.75, 3.05) is 25.7 Å². The number of hydrogen-bond acceptors (Lipinski definition) is 3. The summed E-state index contributed by atoms with van der Waals surface area (Å²) in [6, 6.07) is 0. The fourth-order valence-electron chi connectivity index (χ4n) is 0.499. The van der Waals surface area contributed by atoms with Crippen molar-refractivity contribution >= 4 is 9.84 Å². The summed E-state index contributed by atoms with van der Waals surface area (Å²) < 4.78 is 25.8. The first-order chi connectivity index (χ1) is 4.56. The summed E-state index contributed by atoms with van der Waals surface area (Å²) in [6.45, 7) is 0.523. The predicted octanol–water partition coefficient (Wildman–Crippen LogP) is 0.272. The molecular weight excluding hydrogens is 152 g/mol. The van der Waals surface area contributed by atoms with E-state index in [4.69, 9.17) is 4.74 Å². The lowest BCUT2D eigenvalue weighted by Crippen LogP contribution is -2.04. The Morgan fingerprint density at radius 2 is 2.10 bits per heavy atom. The van der Waals surface area contributed by atoms with Crippen LogP contribution in [0.1, 0.15) is 6.42 Å². The van der Waals surface area contributed by atoms with Gasteiger partial charge >= 0.3 is 0 Å². The summed E-state index contributed by atoms with van der Waals surface area (Å²) in [5, 5.41) is 0. The third-order valence-electron chi connectivity index (χ3n) is 0.977. The molecule has 0 aliphatic rings. The molecule has 0 saturated heterocycles. The zero-order valence-corrected chi connectivity index (χ0v) is 7.15. The van der Waals surface area contributed by atoms with Gasteiger partial charge in [-0.2, -0.15) is 0 Å². The van der Waals surface area contributed by atoms with Gasteiger partial charge < -0.3 is 4.74 Å². The van der Waals surface area contributed by atoms with E-state index in [0.717, 1.165) is 0 Å². The van der Waals surface area contributed by atoms with Crippen molar-refractivity contribution in [1.82, 2.24) is 0 Å². The quantitative estimate of drug-likeness (QED) is 0.549. The first-order valence-electron chi connectivity index (χ1n) is 3.04. The lowest BCUT2D eigenvalue weighted by Gasteiger charge is -1.96. The van der Waals surface area contributed by atoms with E-state index in [9.17, 15) is 8.42 Å². The van der Waals surface area contributed by atoms with Gasteiger partial charge in [-0.1, -0.05) is 0 Å². The van der Waals surface area contributed by atoms with Crippen LogP contribution in [0.5, 0.6) is 0 Å². The Morgan fingerprint density at radius 3 is 2.50 bits per heavy atom. The van der Waals surface area contributed by atoms with E-state index in [1.807, 2.05) is 0 Å². The van der Waals surface area contributed by atoms with Crippen molar-refractivity contribution < 1.29 is 13.2 Å². The van der Waals surface area contributed by atoms with Gasteiger partial charge in [0.1, 0.15) is 9.84 Å². The maximum absolute atomic E-state index is 10.5. The Balaban J connectivity index is 3.21. The Bertz CT molecular complexity index is 160. The minimum Gasteiger partial charge on any atom is -0.384 e. The molecule has 1 radical (unpaired) electrons. The molecule has 0 unspecified atom stereocenters. The molecule has 0 aliphatic carbocycles. The van der Waals surface area contributed by atoms with Crippen molar-refractivity contribution in [2.24, 2.45) is 0 Å². The summed E-state index contributed by atoms with van der Waals surface area (Å²) in [5.74, 6) is 0.219. The zero-order chi connectivity index (χ0) is 8.04. The van der Waals surface area contributed by atoms with Gasteiger partial charge in [0.15, 0.2) is 0 Å². The largest absolute Gasteiger partial charge is 0.384 e. The molecule has 61 valence electrons. The molecule has 0 aliphatic heterocycles. The lowest BCUT2D eigenvalue weighted by atomic mass is 10.4. The second-order valence-corrected chi connectivity index (χ2v) is 4.42. The molecular formula is C6H13O3S. The van der Waals surface area contributed by atoms with Gasteiger partial charge in [0, 0.05) is 20.0 Å². The van der Waals surface area contributed by atoms with E-state index in [2.05, 4.69) is 0 Å². The van der Waals surface area contributed by atoms with E-state index in [-0.39, 0.29) is 5.75 Å². The topological polar surface area (TPSA) is 43.4 Å². The van der Waals surface area contributed by atoms with E-state index in [1.165, 1.54) is 6.26 Å². The molecule has 3 nitrogen and oxygen atoms in total. The van der Waals surface area contributed by atoms with Gasteiger partial charge in [-0.25, -0.2) is 8.42 Å². The Kier molecular flexibility index (Phi) is 4.64. The maximum atomic E-state index is 10.5. The van der Waals surface area contributed by atoms with Crippen molar-refractivity contribution in [2.45, 2.75) is 6.42 Å². The second kappa shape index (κ2) is 4.68. The van der Waals surface area contributed by atoms with Crippen LogP contribution in [0.3, 0.4) is 0 Å². The van der Waals surface area contributed by atoms with E-state index in [1.54, 1.807) is 13.5 Å². The molecule has 0 aromatic heterocycles. The van der Waals surface area contributed by atoms with Crippen molar-refractivity contribution in [3.05, 3.63) is 6.42 Å². The molecule has 0 heterocycles. The summed E-state index contributed by atoms with van der Waals surface area (Å²) >= 11 is 0. The molecule has 0 amide bonds. The van der Waals surface area contributed by atoms with Gasteiger partial charge in [-0.05, 0) is 12.8 Å². The van der Waals surface area contributed by atoms with Crippen molar-refractivity contribution in [3.63, 3.8) is 0 Å². The van der Waals surface area contributed by atoms with E-state index >= 15 is 0 Å². The van der Waals surface area contributed by atoms with Crippen LogP contribution in [-0.4, -0.2) is 34.1 Å². The average Bonchev–Trinajstić information content (AvgIpc) is 1.78. The normalized spacial score (nSPS) is 11.8. The van der Waals surface area contributed by atoms with E-state index in [0.29, 0.717) is 13.0 Å². The van der Waals surface area contributed by atoms with Crippen LogP contribution in [-0.2, 0) is 14.6 Å². The number of ether oxygens (including phenoxy) is 1. The van der Waals surface area contributed by atoms with Crippen LogP contribution >= 0.6 is 0 Å². The van der Waals surface area contributed by atoms with Crippen LogP contribution in [0.15, 0.2) is 0 Å². The Labute approximate surface area is 62.3 Å². The van der Waals surface area contributed by atoms with Crippen LogP contribution < -0.4 is 0 Å². The van der Waals surface area contributed by atoms with Crippen LogP contribution in [0.25, 0.3) is 0 Å². The molecule has 0 bridgehead atoms. The fourth-order valence-corrected chi connectivity index (χ4v) is 1.09. The van der Waals surface area contributed by atoms with Crippen LogP contribution in [0, 0.1) is 6.42 Å². The zero-order valence-electron chi connectivity index (χ0n) is 6.33. The molecule has 0 saturated carbocycles. The number of unbranched alkanes of at least 4 members (excludes halogenated alkanes) is 1. The molecule has 0 aromatic carbocycles. The first-order valence-corrected chi connectivity index (χ1v) is 5.10. The lowest BCUT2D eigenvalue weighted by molar-refractivity contribution is 0.221. The minimum atomic E-state index is -2.79. The molecule has 4 heteroatoms. The fraction of sp³-hybridized carbons (Fsp3) is 0.833. The molecule has 0 rings (SSSR count). The number of rotatable bonds is 5. The Morgan fingerprint density at radius 1 is 1.50 bits per heavy atom. The van der Waals surface area contributed by atoms with Gasteiger partial charge in [0.2, 0.25) is 0 Å². The van der Waals surface area contributed by atoms with Gasteiger partial charge in [-0.3, -0.25) is 0 Å². The van der Waals surface area contributed by atoms with E-state index < -0.39 is 9.84 Å². The van der Waals surface area contributed by atoms with Crippen LogP contribution in [0.4, 0.5) is 0 Å². The first kappa shape index (κ1) is 9.91. The Hall–Kier alpha value is -0.0900. The van der Waals surface area contributed by atoms with Gasteiger partial charge in [0.25, 0.3) is 0 Å². The van der Waals surface area contributed by atoms with Gasteiger partial charge in [-0.15, -0.1) is 0 Å². The highest BCUT2D eigenvalue weighted by Gasteiger charge is 1.99. The second-order valence-electron chi connectivity index (χ2n) is 2.16. The van der Waals surface area contributed by atoms with Crippen molar-refractivity contribution in [3.8, 4) is 0 Å². The standard InChI is InChI=1S/C6H13O3S/c1-9-5-3-4-6-10(2,7)8/h3H,4-6H2,1-2H3. The molecule has 0 atom stereocenters. The highest BCUT2D eigenvalue weighted by Crippen LogP contribution is 1.92. The molecule has 0 aromatic rings. The van der Waals surface area contributed by atoms with Crippen molar-refractivity contribution in [1.29, 1.82) is 0 Å². The number of hydrogen-bond donors (Lipinski definition) is 0. The summed E-state index contributed by atoms with van der Waals surface area (Å²) in [5.41, 5.74) is 0. The third-order valence-corrected chi connectivity index (χ3v) is 1.95. The SMILES string of the molecule is COC[CH]CCS(C)(=O)=O. The third kappa shape index (κ3) is 7.91. The summed E-state index contributed by atoms with van der Waals surface area (Å²) in [4.78, 5) is 0. The maximum Gasteiger partial charge on any atom is 0.147 e. The highest BCUT2D eigenvalue weighted by molar-refractivity contribution is 7.90. The molecule has 10 heavy (non-hydrogen) atoms. The molecule has 0 fully saturated rings. The monoisotopic (exact) mass is 165 g/mol.